The van der Waals surface area contributed by atoms with E-state index in [4.69, 9.17) is 11.6 Å². The van der Waals surface area contributed by atoms with Crippen molar-refractivity contribution >= 4 is 17.8 Å². The fourth-order valence-corrected chi connectivity index (χ4v) is 1.32. The van der Waals surface area contributed by atoms with Gasteiger partial charge < -0.3 is 29.7 Å². The second-order valence-electron chi connectivity index (χ2n) is 3.74. The molecule has 0 aromatic heterocycles. The second-order valence-corrected chi connectivity index (χ2v) is 4.18. The summed E-state index contributed by atoms with van der Waals surface area (Å²) in [7, 11) is 4.14. The Morgan fingerprint density at radius 2 is 1.72 bits per heavy atom. The fraction of sp³-hybridized carbons (Fsp3) is 0.417. The molecule has 0 aliphatic rings. The summed E-state index contributed by atoms with van der Waals surface area (Å²) in [5, 5.41) is 0.764. The van der Waals surface area contributed by atoms with E-state index in [9.17, 15) is 0 Å². The number of rotatable bonds is 5. The molecule has 1 rings (SSSR count). The van der Waals surface area contributed by atoms with Crippen LogP contribution in [-0.2, 0) is 21.1 Å². The fourth-order valence-electron chi connectivity index (χ4n) is 1.20. The van der Waals surface area contributed by atoms with Crippen molar-refractivity contribution in [3.63, 3.8) is 0 Å². The van der Waals surface area contributed by atoms with Crippen LogP contribution in [0.2, 0.25) is 5.02 Å². The van der Waals surface area contributed by atoms with Gasteiger partial charge in [0.15, 0.2) is 0 Å². The maximum absolute atomic E-state index is 5.78. The van der Waals surface area contributed by atoms with Crippen molar-refractivity contribution in [2.24, 2.45) is 4.99 Å². The van der Waals surface area contributed by atoms with Crippen molar-refractivity contribution in [3.8, 4) is 0 Å². The topological polar surface area (TPSA) is 15.6 Å². The summed E-state index contributed by atoms with van der Waals surface area (Å²) in [5.41, 5.74) is 1.10. The Balaban J connectivity index is -0.000000750. The molecule has 106 valence electrons. The van der Waals surface area contributed by atoms with Gasteiger partial charge in [0.25, 0.3) is 0 Å². The van der Waals surface area contributed by atoms with Gasteiger partial charge in [-0.25, -0.2) is 0 Å². The van der Waals surface area contributed by atoms with Crippen LogP contribution in [0.3, 0.4) is 0 Å². The zero-order valence-corrected chi connectivity index (χ0v) is 14.9. The van der Waals surface area contributed by atoms with Crippen LogP contribution >= 0.6 is 11.6 Å². The molecule has 0 atom stereocenters. The summed E-state index contributed by atoms with van der Waals surface area (Å²) in [6, 6.07) is 7.70. The van der Waals surface area contributed by atoms with E-state index < -0.39 is 0 Å². The van der Waals surface area contributed by atoms with Crippen molar-refractivity contribution in [1.29, 1.82) is 0 Å². The van der Waals surface area contributed by atoms with Crippen LogP contribution < -0.4 is 24.8 Å². The van der Waals surface area contributed by atoms with Crippen LogP contribution in [0, 0.1) is 0 Å². The predicted octanol–water partition coefficient (Wildman–Crippen LogP) is -3.28. The van der Waals surface area contributed by atoms with E-state index >= 15 is 0 Å². The maximum Gasteiger partial charge on any atom is 2.00 e. The summed E-state index contributed by atoms with van der Waals surface area (Å²) in [6.45, 7) is 1.96. The Labute approximate surface area is 141 Å². The van der Waals surface area contributed by atoms with Gasteiger partial charge in [-0.05, 0) is 44.8 Å². The van der Waals surface area contributed by atoms with E-state index in [1.165, 1.54) is 0 Å². The van der Waals surface area contributed by atoms with Gasteiger partial charge in [0.05, 0.1) is 0 Å². The van der Waals surface area contributed by atoms with E-state index in [-0.39, 0.29) is 45.9 Å². The van der Waals surface area contributed by atoms with Crippen LogP contribution in [0.5, 0.6) is 0 Å². The Morgan fingerprint density at radius 1 is 1.17 bits per heavy atom. The third-order valence-electron chi connectivity index (χ3n) is 2.00. The molecule has 0 N–H and O–H groups in total. The van der Waals surface area contributed by atoms with Crippen molar-refractivity contribution < 1.29 is 45.9 Å². The first kappa shape index (κ1) is 23.5. The van der Waals surface area contributed by atoms with Gasteiger partial charge in [-0.2, -0.15) is 0 Å². The molecule has 18 heavy (non-hydrogen) atoms. The molecule has 6 heteroatoms. The van der Waals surface area contributed by atoms with Crippen LogP contribution in [0.15, 0.2) is 29.3 Å². The first-order valence-corrected chi connectivity index (χ1v) is 5.46. The van der Waals surface area contributed by atoms with Crippen molar-refractivity contribution in [2.75, 3.05) is 27.2 Å². The molecule has 1 aromatic carbocycles. The normalized spacial score (nSPS) is 9.56. The van der Waals surface area contributed by atoms with Crippen molar-refractivity contribution in [1.82, 2.24) is 4.90 Å². The van der Waals surface area contributed by atoms with Crippen LogP contribution in [0.1, 0.15) is 12.0 Å². The van der Waals surface area contributed by atoms with Crippen molar-refractivity contribution in [3.05, 3.63) is 34.9 Å². The number of halogens is 3. The number of hydrogen-bond donors (Lipinski definition) is 0. The molecule has 0 aliphatic carbocycles. The monoisotopic (exact) mass is 489 g/mol. The second kappa shape index (κ2) is 13.8. The molecule has 0 saturated carbocycles. The molecule has 0 unspecified atom stereocenters. The molecular weight excluding hydrogens is 474 g/mol. The molecule has 0 radical (unpaired) electrons. The number of benzene rings is 1. The molecule has 0 amide bonds. The van der Waals surface area contributed by atoms with Crippen LogP contribution in [0.4, 0.5) is 0 Å². The Kier molecular flexibility index (Phi) is 18.1. The Hall–Kier alpha value is 0.408. The molecular formula is C12H17Cl3N2Pt. The van der Waals surface area contributed by atoms with Gasteiger partial charge in [-0.15, -0.1) is 0 Å². The minimum atomic E-state index is 0. The van der Waals surface area contributed by atoms with Gasteiger partial charge in [0.2, 0.25) is 0 Å². The third kappa shape index (κ3) is 11.5. The minimum Gasteiger partial charge on any atom is -1.00 e. The third-order valence-corrected chi connectivity index (χ3v) is 2.25. The van der Waals surface area contributed by atoms with E-state index in [2.05, 4.69) is 24.0 Å². The SMILES string of the molecule is CN(C)CCCN=Cc1ccc(Cl)cc1.[Cl-].[Cl-].[Pt+2]. The molecule has 0 spiro atoms. The standard InChI is InChI=1S/C12H17ClN2.2ClH.Pt/c1-15(2)9-3-8-14-10-11-4-6-12(13)7-5-11;;;/h4-7,10H,3,8-9H2,1-2H3;2*1H;/q;;;+2/p-2. The predicted molar refractivity (Wildman–Crippen MR) is 67.1 cm³/mol. The first-order chi connectivity index (χ1) is 7.18. The van der Waals surface area contributed by atoms with Crippen LogP contribution in [0.25, 0.3) is 0 Å². The number of nitrogens with zero attached hydrogens (tertiary/aromatic N) is 2. The largest absolute Gasteiger partial charge is 2.00 e. The summed E-state index contributed by atoms with van der Waals surface area (Å²) in [4.78, 5) is 6.51. The van der Waals surface area contributed by atoms with Crippen molar-refractivity contribution in [2.45, 2.75) is 6.42 Å². The average molecular weight is 491 g/mol. The smallest absolute Gasteiger partial charge is 1.00 e. The maximum atomic E-state index is 5.78. The summed E-state index contributed by atoms with van der Waals surface area (Å²) in [5.74, 6) is 0. The van der Waals surface area contributed by atoms with Gasteiger partial charge in [0, 0.05) is 17.8 Å². The van der Waals surface area contributed by atoms with E-state index in [1.807, 2.05) is 30.5 Å². The molecule has 0 bridgehead atoms. The number of hydrogen-bond acceptors (Lipinski definition) is 2. The summed E-state index contributed by atoms with van der Waals surface area (Å²) >= 11 is 5.78. The molecule has 1 aromatic rings. The zero-order chi connectivity index (χ0) is 11.1. The molecule has 0 fully saturated rings. The van der Waals surface area contributed by atoms with Gasteiger partial charge in [-0.1, -0.05) is 23.7 Å². The Morgan fingerprint density at radius 3 is 2.22 bits per heavy atom. The quantitative estimate of drug-likeness (QED) is 0.312. The molecule has 0 heterocycles. The van der Waals surface area contributed by atoms with E-state index in [0.717, 1.165) is 30.1 Å². The minimum absolute atomic E-state index is 0. The zero-order valence-electron chi connectivity index (χ0n) is 10.4. The van der Waals surface area contributed by atoms with E-state index in [0.29, 0.717) is 0 Å². The summed E-state index contributed by atoms with van der Waals surface area (Å²) < 4.78 is 0. The van der Waals surface area contributed by atoms with Crippen LogP contribution in [-0.4, -0.2) is 38.3 Å². The summed E-state index contributed by atoms with van der Waals surface area (Å²) in [6.07, 6.45) is 2.99. The number of aliphatic imine (C=N–C) groups is 1. The van der Waals surface area contributed by atoms with Gasteiger partial charge >= 0.3 is 21.1 Å². The molecule has 0 saturated heterocycles. The van der Waals surface area contributed by atoms with E-state index in [1.54, 1.807) is 0 Å². The van der Waals surface area contributed by atoms with Gasteiger partial charge in [0.1, 0.15) is 0 Å². The first-order valence-electron chi connectivity index (χ1n) is 5.08. The molecule has 0 aliphatic heterocycles. The molecule has 2 nitrogen and oxygen atoms in total. The average Bonchev–Trinajstić information content (AvgIpc) is 2.20. The van der Waals surface area contributed by atoms with Gasteiger partial charge in [-0.3, -0.25) is 4.99 Å². The Bertz CT molecular complexity index is 316.